The first kappa shape index (κ1) is 19.8. The first-order valence-corrected chi connectivity index (χ1v) is 9.62. The van der Waals surface area contributed by atoms with Gasteiger partial charge in [0.15, 0.2) is 0 Å². The summed E-state index contributed by atoms with van der Waals surface area (Å²) in [6, 6.07) is 3.52. The third kappa shape index (κ3) is 4.85. The van der Waals surface area contributed by atoms with Crippen molar-refractivity contribution < 1.29 is 18.7 Å². The Morgan fingerprint density at radius 2 is 2.36 bits per heavy atom. The van der Waals surface area contributed by atoms with Crippen LogP contribution in [0, 0.1) is 0 Å². The van der Waals surface area contributed by atoms with Crippen molar-refractivity contribution in [3.8, 4) is 0 Å². The predicted molar refractivity (Wildman–Crippen MR) is 96.4 cm³/mol. The lowest BCUT2D eigenvalue weighted by Crippen LogP contribution is -2.31. The van der Waals surface area contributed by atoms with E-state index in [1.165, 1.54) is 24.7 Å². The van der Waals surface area contributed by atoms with Crippen molar-refractivity contribution in [3.05, 3.63) is 68.1 Å². The average Bonchev–Trinajstić information content (AvgIpc) is 3.03. The van der Waals surface area contributed by atoms with Gasteiger partial charge in [-0.05, 0) is 17.7 Å². The molecule has 28 heavy (non-hydrogen) atoms. The van der Waals surface area contributed by atoms with Crippen LogP contribution in [0.2, 0.25) is 0 Å². The lowest BCUT2D eigenvalue weighted by Gasteiger charge is -2.19. The Bertz CT molecular complexity index is 1030. The van der Waals surface area contributed by atoms with Crippen LogP contribution in [0.3, 0.4) is 0 Å². The van der Waals surface area contributed by atoms with Crippen LogP contribution in [0.25, 0.3) is 10.4 Å². The van der Waals surface area contributed by atoms with Crippen LogP contribution in [-0.2, 0) is 13.8 Å². The Labute approximate surface area is 157 Å². The fourth-order valence-electron chi connectivity index (χ4n) is 2.68. The third-order valence-corrected chi connectivity index (χ3v) is 4.95. The Morgan fingerprint density at radius 1 is 1.54 bits per heavy atom. The Morgan fingerprint density at radius 3 is 3.04 bits per heavy atom. The second kappa shape index (κ2) is 8.38. The number of azide groups is 1. The largest absolute Gasteiger partial charge is 0.430 e. The summed E-state index contributed by atoms with van der Waals surface area (Å²) >= 11 is 0. The quantitative estimate of drug-likeness (QED) is 0.263. The number of ether oxygens (including phenoxy) is 1. The number of anilines is 1. The number of hydrogen-bond donors (Lipinski definition) is 3. The van der Waals surface area contributed by atoms with Gasteiger partial charge in [0.25, 0.3) is 5.56 Å². The highest BCUT2D eigenvalue weighted by Gasteiger charge is 2.37. The molecule has 2 aromatic heterocycles. The van der Waals surface area contributed by atoms with Crippen LogP contribution in [0.5, 0.6) is 0 Å². The van der Waals surface area contributed by atoms with Gasteiger partial charge < -0.3 is 9.63 Å². The fourth-order valence-corrected chi connectivity index (χ4v) is 3.55. The summed E-state index contributed by atoms with van der Waals surface area (Å²) in [5.41, 5.74) is 7.77. The zero-order chi connectivity index (χ0) is 20.1. The number of hydrogen-bond acceptors (Lipinski definition) is 7. The molecule has 0 amide bonds. The molecule has 14 heteroatoms. The molecule has 1 aliphatic heterocycles. The molecular weight excluding hydrogens is 393 g/mol. The molecule has 148 valence electrons. The number of aromatic amines is 1. The number of pyridine rings is 1. The van der Waals surface area contributed by atoms with Crippen molar-refractivity contribution in [2.45, 2.75) is 24.8 Å². The van der Waals surface area contributed by atoms with Gasteiger partial charge in [0.05, 0.1) is 30.6 Å². The minimum atomic E-state index is -4.24. The third-order valence-electron chi connectivity index (χ3n) is 3.91. The van der Waals surface area contributed by atoms with Gasteiger partial charge in [-0.15, -0.1) is 0 Å². The number of nitrogens with zero attached hydrogens (tertiary/aromatic N) is 5. The van der Waals surface area contributed by atoms with E-state index in [9.17, 15) is 19.0 Å². The number of aromatic nitrogens is 3. The van der Waals surface area contributed by atoms with Crippen LogP contribution in [0.4, 0.5) is 5.69 Å². The van der Waals surface area contributed by atoms with E-state index in [-0.39, 0.29) is 18.7 Å². The molecule has 0 saturated carbocycles. The summed E-state index contributed by atoms with van der Waals surface area (Å²) in [6.45, 7) is -0.376. The van der Waals surface area contributed by atoms with Crippen LogP contribution in [-0.4, -0.2) is 38.2 Å². The number of nitrogens with one attached hydrogen (secondary N) is 2. The van der Waals surface area contributed by atoms with Crippen molar-refractivity contribution in [3.63, 3.8) is 0 Å². The van der Waals surface area contributed by atoms with Crippen molar-refractivity contribution >= 4 is 13.4 Å². The number of rotatable bonds is 7. The van der Waals surface area contributed by atoms with Gasteiger partial charge in [-0.3, -0.25) is 28.9 Å². The first-order chi connectivity index (χ1) is 13.4. The minimum absolute atomic E-state index is 0.121. The minimum Gasteiger partial charge on any atom is -0.352 e. The standard InChI is InChI=1S/C14H16N7O6P/c15-20-18-10-6-13(21-5-3-12(22)17-14(21)23)27-11(10)8-26-28(24,25)19-9-2-1-4-16-7-9/h1-5,7,10-11,13H,6,8H2,(H,17,22,23)(H2,19,24,25)/t10-,11+,13+/m0/s1. The molecule has 0 radical (unpaired) electrons. The topological polar surface area (TPSA) is 184 Å². The van der Waals surface area contributed by atoms with E-state index in [1.54, 1.807) is 6.07 Å². The van der Waals surface area contributed by atoms with Crippen molar-refractivity contribution in [1.82, 2.24) is 14.5 Å². The second-order valence-corrected chi connectivity index (χ2v) is 7.35. The fraction of sp³-hybridized carbons (Fsp3) is 0.357. The predicted octanol–water partition coefficient (Wildman–Crippen LogP) is 1.13. The molecule has 1 fully saturated rings. The zero-order valence-electron chi connectivity index (χ0n) is 14.3. The highest BCUT2D eigenvalue weighted by Crippen LogP contribution is 2.43. The number of H-pyrrole nitrogens is 1. The molecule has 1 unspecified atom stereocenters. The van der Waals surface area contributed by atoms with E-state index < -0.39 is 37.4 Å². The summed E-state index contributed by atoms with van der Waals surface area (Å²) in [4.78, 5) is 41.7. The molecule has 0 bridgehead atoms. The molecule has 1 saturated heterocycles. The maximum atomic E-state index is 12.2. The van der Waals surface area contributed by atoms with Gasteiger partial charge >= 0.3 is 13.4 Å². The molecule has 2 aromatic rings. The van der Waals surface area contributed by atoms with Gasteiger partial charge in [-0.2, -0.15) is 0 Å². The molecular formula is C14H16N7O6P. The lowest BCUT2D eigenvalue weighted by molar-refractivity contribution is -0.0236. The summed E-state index contributed by atoms with van der Waals surface area (Å²) in [6.07, 6.45) is 2.51. The Kier molecular flexibility index (Phi) is 5.93. The normalized spacial score (nSPS) is 23.5. The van der Waals surface area contributed by atoms with E-state index in [0.717, 1.165) is 10.6 Å². The zero-order valence-corrected chi connectivity index (χ0v) is 15.2. The second-order valence-electron chi connectivity index (χ2n) is 5.82. The molecule has 3 rings (SSSR count). The maximum Gasteiger partial charge on any atom is 0.430 e. The maximum absolute atomic E-state index is 12.2. The molecule has 3 N–H and O–H groups in total. The van der Waals surface area contributed by atoms with Crippen LogP contribution >= 0.6 is 7.75 Å². The summed E-state index contributed by atoms with van der Waals surface area (Å²) < 4.78 is 24.0. The highest BCUT2D eigenvalue weighted by atomic mass is 31.2. The SMILES string of the molecule is [N-]=[N+]=N[C@H]1C[C@H](n2ccc(=O)[nH]c2=O)O[C@@H]1COP(=O)(O)Nc1cccnc1. The monoisotopic (exact) mass is 409 g/mol. The Balaban J connectivity index is 1.69. The summed E-state index contributed by atoms with van der Waals surface area (Å²) in [7, 11) is -4.24. The molecule has 13 nitrogen and oxygen atoms in total. The van der Waals surface area contributed by atoms with Crippen molar-refractivity contribution in [2.75, 3.05) is 11.7 Å². The summed E-state index contributed by atoms with van der Waals surface area (Å²) in [5.74, 6) is 0. The molecule has 3 heterocycles. The van der Waals surface area contributed by atoms with Gasteiger partial charge in [0.1, 0.15) is 6.23 Å². The molecule has 0 aliphatic carbocycles. The van der Waals surface area contributed by atoms with Gasteiger partial charge in [0, 0.05) is 29.8 Å². The average molecular weight is 409 g/mol. The smallest absolute Gasteiger partial charge is 0.352 e. The molecule has 4 atom stereocenters. The first-order valence-electron chi connectivity index (χ1n) is 8.05. The molecule has 0 spiro atoms. The Hall–Kier alpha value is -2.95. The van der Waals surface area contributed by atoms with Gasteiger partial charge in [-0.25, -0.2) is 9.36 Å². The van der Waals surface area contributed by atoms with E-state index in [1.807, 2.05) is 0 Å². The van der Waals surface area contributed by atoms with E-state index in [2.05, 4.69) is 25.1 Å². The van der Waals surface area contributed by atoms with Crippen LogP contribution in [0.15, 0.2) is 51.5 Å². The van der Waals surface area contributed by atoms with Crippen molar-refractivity contribution in [2.24, 2.45) is 5.11 Å². The van der Waals surface area contributed by atoms with Crippen LogP contribution in [0.1, 0.15) is 12.6 Å². The van der Waals surface area contributed by atoms with E-state index in [0.29, 0.717) is 0 Å². The molecule has 0 aromatic carbocycles. The summed E-state index contributed by atoms with van der Waals surface area (Å²) in [5, 5.41) is 5.92. The molecule has 1 aliphatic rings. The van der Waals surface area contributed by atoms with E-state index in [4.69, 9.17) is 14.8 Å². The van der Waals surface area contributed by atoms with Crippen LogP contribution < -0.4 is 16.3 Å². The lowest BCUT2D eigenvalue weighted by atomic mass is 10.1. The van der Waals surface area contributed by atoms with Gasteiger partial charge in [0.2, 0.25) is 0 Å². The van der Waals surface area contributed by atoms with Crippen molar-refractivity contribution in [1.29, 1.82) is 0 Å². The highest BCUT2D eigenvalue weighted by molar-refractivity contribution is 7.54. The van der Waals surface area contributed by atoms with E-state index >= 15 is 0 Å². The van der Waals surface area contributed by atoms with Gasteiger partial charge in [-0.1, -0.05) is 5.11 Å².